The number of hydrogen-bond donors (Lipinski definition) is 2. The van der Waals surface area contributed by atoms with Crippen LogP contribution in [0.15, 0.2) is 49.1 Å². The molecule has 0 atom stereocenters. The number of amides is 1. The van der Waals surface area contributed by atoms with Gasteiger partial charge in [0, 0.05) is 5.69 Å². The summed E-state index contributed by atoms with van der Waals surface area (Å²) in [6.07, 6.45) is 2.24. The van der Waals surface area contributed by atoms with Crippen LogP contribution in [0, 0.1) is 13.8 Å². The summed E-state index contributed by atoms with van der Waals surface area (Å²) < 4.78 is 0. The molecule has 1 amide bonds. The maximum atomic E-state index is 12.5. The van der Waals surface area contributed by atoms with E-state index in [0.717, 1.165) is 22.4 Å². The number of anilines is 1. The van der Waals surface area contributed by atoms with Crippen molar-refractivity contribution in [2.45, 2.75) is 20.3 Å². The number of allylic oxidation sites excluding steroid dienone is 1. The van der Waals surface area contributed by atoms with Crippen molar-refractivity contribution >= 4 is 11.6 Å². The van der Waals surface area contributed by atoms with Gasteiger partial charge in [0.05, 0.1) is 5.56 Å². The van der Waals surface area contributed by atoms with Gasteiger partial charge in [0.2, 0.25) is 0 Å². The van der Waals surface area contributed by atoms with Crippen LogP contribution in [0.25, 0.3) is 0 Å². The van der Waals surface area contributed by atoms with E-state index in [0.29, 0.717) is 12.0 Å². The molecule has 108 valence electrons. The average Bonchev–Trinajstić information content (AvgIpc) is 2.43. The molecule has 3 heteroatoms. The SMILES string of the molecule is C=CCc1cccc(O)c1C(=O)Nc1c(C)cccc1C. The Morgan fingerprint density at radius 1 is 1.19 bits per heavy atom. The summed E-state index contributed by atoms with van der Waals surface area (Å²) in [4.78, 5) is 12.5. The standard InChI is InChI=1S/C18H19NO2/c1-4-7-14-10-6-11-15(20)16(14)18(21)19-17-12(2)8-5-9-13(17)3/h4-6,8-11,20H,1,7H2,2-3H3,(H,19,21). The number of para-hydroxylation sites is 1. The van der Waals surface area contributed by atoms with Gasteiger partial charge in [0.25, 0.3) is 5.91 Å². The van der Waals surface area contributed by atoms with Crippen LogP contribution in [0.3, 0.4) is 0 Å². The lowest BCUT2D eigenvalue weighted by molar-refractivity contribution is 0.102. The van der Waals surface area contributed by atoms with Crippen LogP contribution in [0.1, 0.15) is 27.0 Å². The monoisotopic (exact) mass is 281 g/mol. The minimum absolute atomic E-state index is 0.0157. The van der Waals surface area contributed by atoms with E-state index in [4.69, 9.17) is 0 Å². The molecule has 0 radical (unpaired) electrons. The van der Waals surface area contributed by atoms with E-state index in [9.17, 15) is 9.90 Å². The van der Waals surface area contributed by atoms with Crippen LogP contribution in [-0.4, -0.2) is 11.0 Å². The van der Waals surface area contributed by atoms with Crippen LogP contribution in [0.2, 0.25) is 0 Å². The van der Waals surface area contributed by atoms with Gasteiger partial charge in [0.15, 0.2) is 0 Å². The van der Waals surface area contributed by atoms with Crippen molar-refractivity contribution < 1.29 is 9.90 Å². The fraction of sp³-hybridized carbons (Fsp3) is 0.167. The number of phenols is 1. The maximum Gasteiger partial charge on any atom is 0.259 e. The summed E-state index contributed by atoms with van der Waals surface area (Å²) in [5, 5.41) is 12.9. The highest BCUT2D eigenvalue weighted by molar-refractivity contribution is 6.07. The highest BCUT2D eigenvalue weighted by Gasteiger charge is 2.17. The van der Waals surface area contributed by atoms with Gasteiger partial charge in [-0.25, -0.2) is 0 Å². The molecule has 21 heavy (non-hydrogen) atoms. The zero-order valence-electron chi connectivity index (χ0n) is 12.3. The quantitative estimate of drug-likeness (QED) is 0.832. The number of aryl methyl sites for hydroxylation is 2. The molecule has 0 aliphatic carbocycles. The lowest BCUT2D eigenvalue weighted by Gasteiger charge is -2.14. The van der Waals surface area contributed by atoms with Gasteiger partial charge >= 0.3 is 0 Å². The first-order chi connectivity index (χ1) is 10.0. The number of benzene rings is 2. The Kier molecular flexibility index (Phi) is 4.43. The summed E-state index contributed by atoms with van der Waals surface area (Å²) in [6, 6.07) is 10.9. The molecule has 0 saturated carbocycles. The van der Waals surface area contributed by atoms with Gasteiger partial charge in [-0.1, -0.05) is 36.4 Å². The predicted molar refractivity (Wildman–Crippen MR) is 85.9 cm³/mol. The van der Waals surface area contributed by atoms with Crippen molar-refractivity contribution in [1.29, 1.82) is 0 Å². The number of rotatable bonds is 4. The number of hydrogen-bond acceptors (Lipinski definition) is 2. The highest BCUT2D eigenvalue weighted by Crippen LogP contribution is 2.25. The molecule has 0 aliphatic rings. The molecule has 0 fully saturated rings. The van der Waals surface area contributed by atoms with E-state index in [1.54, 1.807) is 12.1 Å². The Balaban J connectivity index is 2.39. The second kappa shape index (κ2) is 6.27. The summed E-state index contributed by atoms with van der Waals surface area (Å²) in [6.45, 7) is 7.57. The molecule has 0 saturated heterocycles. The summed E-state index contributed by atoms with van der Waals surface area (Å²) >= 11 is 0. The Labute approximate surface area is 124 Å². The van der Waals surface area contributed by atoms with Gasteiger partial charge in [-0.3, -0.25) is 4.79 Å². The Morgan fingerprint density at radius 3 is 2.43 bits per heavy atom. The molecule has 0 spiro atoms. The lowest BCUT2D eigenvalue weighted by atomic mass is 10.0. The molecule has 2 aromatic carbocycles. The fourth-order valence-corrected chi connectivity index (χ4v) is 2.36. The molecule has 2 N–H and O–H groups in total. The number of carbonyl (C=O) groups is 1. The summed E-state index contributed by atoms with van der Waals surface area (Å²) in [5.74, 6) is -0.319. The topological polar surface area (TPSA) is 49.3 Å². The first-order valence-corrected chi connectivity index (χ1v) is 6.84. The maximum absolute atomic E-state index is 12.5. The smallest absolute Gasteiger partial charge is 0.259 e. The van der Waals surface area contributed by atoms with E-state index in [2.05, 4.69) is 11.9 Å². The Hall–Kier alpha value is -2.55. The van der Waals surface area contributed by atoms with Crippen molar-refractivity contribution in [2.75, 3.05) is 5.32 Å². The van der Waals surface area contributed by atoms with Crippen LogP contribution in [-0.2, 0) is 6.42 Å². The molecule has 0 bridgehead atoms. The number of nitrogens with one attached hydrogen (secondary N) is 1. The lowest BCUT2D eigenvalue weighted by Crippen LogP contribution is -2.16. The second-order valence-electron chi connectivity index (χ2n) is 5.02. The van der Waals surface area contributed by atoms with Crippen LogP contribution < -0.4 is 5.32 Å². The minimum atomic E-state index is -0.303. The number of aromatic hydroxyl groups is 1. The molecule has 0 aromatic heterocycles. The molecule has 0 heterocycles. The van der Waals surface area contributed by atoms with E-state index >= 15 is 0 Å². The molecular formula is C18H19NO2. The number of phenolic OH excluding ortho intramolecular Hbond substituents is 1. The fourth-order valence-electron chi connectivity index (χ4n) is 2.36. The Bertz CT molecular complexity index is 669. The third-order valence-corrected chi connectivity index (χ3v) is 3.44. The van der Waals surface area contributed by atoms with Crippen LogP contribution in [0.5, 0.6) is 5.75 Å². The highest BCUT2D eigenvalue weighted by atomic mass is 16.3. The molecule has 0 unspecified atom stereocenters. The van der Waals surface area contributed by atoms with E-state index in [1.165, 1.54) is 6.07 Å². The van der Waals surface area contributed by atoms with Gasteiger partial charge in [0.1, 0.15) is 5.75 Å². The summed E-state index contributed by atoms with van der Waals surface area (Å²) in [5.41, 5.74) is 3.83. The van der Waals surface area contributed by atoms with E-state index < -0.39 is 0 Å². The third-order valence-electron chi connectivity index (χ3n) is 3.44. The minimum Gasteiger partial charge on any atom is -0.507 e. The normalized spacial score (nSPS) is 10.2. The first kappa shape index (κ1) is 14.9. The van der Waals surface area contributed by atoms with Gasteiger partial charge < -0.3 is 10.4 Å². The van der Waals surface area contributed by atoms with Gasteiger partial charge in [-0.05, 0) is 43.0 Å². The third kappa shape index (κ3) is 3.14. The predicted octanol–water partition coefficient (Wildman–Crippen LogP) is 3.99. The van der Waals surface area contributed by atoms with E-state index in [-0.39, 0.29) is 11.7 Å². The molecule has 2 aromatic rings. The van der Waals surface area contributed by atoms with Crippen LogP contribution >= 0.6 is 0 Å². The molecule has 3 nitrogen and oxygen atoms in total. The molecular weight excluding hydrogens is 262 g/mol. The molecule has 0 aliphatic heterocycles. The Morgan fingerprint density at radius 2 is 1.81 bits per heavy atom. The zero-order valence-corrected chi connectivity index (χ0v) is 12.3. The van der Waals surface area contributed by atoms with Crippen molar-refractivity contribution in [3.63, 3.8) is 0 Å². The largest absolute Gasteiger partial charge is 0.507 e. The average molecular weight is 281 g/mol. The first-order valence-electron chi connectivity index (χ1n) is 6.84. The number of carbonyl (C=O) groups excluding carboxylic acids is 1. The van der Waals surface area contributed by atoms with Crippen molar-refractivity contribution in [1.82, 2.24) is 0 Å². The van der Waals surface area contributed by atoms with Crippen molar-refractivity contribution in [3.8, 4) is 5.75 Å². The van der Waals surface area contributed by atoms with Gasteiger partial charge in [-0.2, -0.15) is 0 Å². The van der Waals surface area contributed by atoms with Crippen molar-refractivity contribution in [3.05, 3.63) is 71.3 Å². The van der Waals surface area contributed by atoms with Crippen molar-refractivity contribution in [2.24, 2.45) is 0 Å². The van der Waals surface area contributed by atoms with Crippen LogP contribution in [0.4, 0.5) is 5.69 Å². The van der Waals surface area contributed by atoms with Gasteiger partial charge in [-0.15, -0.1) is 6.58 Å². The second-order valence-corrected chi connectivity index (χ2v) is 5.02. The van der Waals surface area contributed by atoms with E-state index in [1.807, 2.05) is 38.1 Å². The molecule has 2 rings (SSSR count). The zero-order chi connectivity index (χ0) is 15.4. The summed E-state index contributed by atoms with van der Waals surface area (Å²) in [7, 11) is 0.